The lowest BCUT2D eigenvalue weighted by Gasteiger charge is -2.31. The van der Waals surface area contributed by atoms with E-state index in [1.807, 2.05) is 24.3 Å². The summed E-state index contributed by atoms with van der Waals surface area (Å²) in [6.07, 6.45) is 1.85. The van der Waals surface area contributed by atoms with E-state index in [9.17, 15) is 13.2 Å². The molecule has 1 aromatic rings. The molecule has 0 spiro atoms. The number of carbonyl (C=O) groups excluding carboxylic acids is 1. The number of amides is 1. The number of benzene rings is 1. The van der Waals surface area contributed by atoms with Gasteiger partial charge in [-0.05, 0) is 43.4 Å². The third-order valence-electron chi connectivity index (χ3n) is 4.50. The van der Waals surface area contributed by atoms with Gasteiger partial charge in [0.05, 0.1) is 6.26 Å². The molecule has 1 aliphatic rings. The van der Waals surface area contributed by atoms with Crippen LogP contribution >= 0.6 is 0 Å². The van der Waals surface area contributed by atoms with Crippen molar-refractivity contribution < 1.29 is 17.9 Å². The molecule has 0 saturated carbocycles. The molecule has 1 unspecified atom stereocenters. The van der Waals surface area contributed by atoms with Crippen LogP contribution in [0.1, 0.15) is 45.1 Å². The van der Waals surface area contributed by atoms with E-state index >= 15 is 0 Å². The summed E-state index contributed by atoms with van der Waals surface area (Å²) in [5, 5.41) is 2.96. The molecule has 1 heterocycles. The number of nitrogens with zero attached hydrogens (tertiary/aromatic N) is 1. The standard InChI is InChI=1S/C18H28N2O4S/c1-13(2)15-5-7-17(8-6-15)24-14(3)18(21)19-16-9-11-20(12-10-16)25(4,22)23/h5-8,13-14,16H,9-12H2,1-4H3,(H,19,21). The van der Waals surface area contributed by atoms with Crippen LogP contribution in [0.25, 0.3) is 0 Å². The second-order valence-electron chi connectivity index (χ2n) is 6.93. The Morgan fingerprint density at radius 1 is 1.16 bits per heavy atom. The van der Waals surface area contributed by atoms with Crippen molar-refractivity contribution in [2.75, 3.05) is 19.3 Å². The van der Waals surface area contributed by atoms with Crippen molar-refractivity contribution in [2.24, 2.45) is 0 Å². The number of rotatable bonds is 6. The van der Waals surface area contributed by atoms with Gasteiger partial charge in [0.15, 0.2) is 6.10 Å². The van der Waals surface area contributed by atoms with Crippen LogP contribution in [0.4, 0.5) is 0 Å². The molecule has 1 aliphatic heterocycles. The fourth-order valence-corrected chi connectivity index (χ4v) is 3.71. The van der Waals surface area contributed by atoms with Gasteiger partial charge in [0.25, 0.3) is 5.91 Å². The minimum Gasteiger partial charge on any atom is -0.481 e. The predicted molar refractivity (Wildman–Crippen MR) is 98.2 cm³/mol. The topological polar surface area (TPSA) is 75.7 Å². The number of ether oxygens (including phenoxy) is 1. The monoisotopic (exact) mass is 368 g/mol. The number of carbonyl (C=O) groups is 1. The predicted octanol–water partition coefficient (Wildman–Crippen LogP) is 2.12. The zero-order chi connectivity index (χ0) is 18.6. The van der Waals surface area contributed by atoms with Gasteiger partial charge >= 0.3 is 0 Å². The Morgan fingerprint density at radius 2 is 1.72 bits per heavy atom. The minimum absolute atomic E-state index is 0.0140. The first-order valence-electron chi connectivity index (χ1n) is 8.69. The first-order chi connectivity index (χ1) is 11.7. The molecule has 0 aromatic heterocycles. The summed E-state index contributed by atoms with van der Waals surface area (Å²) in [5.74, 6) is 0.942. The molecule has 6 nitrogen and oxygen atoms in total. The molecule has 2 rings (SSSR count). The van der Waals surface area contributed by atoms with Gasteiger partial charge in [0.2, 0.25) is 10.0 Å². The van der Waals surface area contributed by atoms with Gasteiger partial charge in [-0.2, -0.15) is 0 Å². The number of sulfonamides is 1. The highest BCUT2D eigenvalue weighted by atomic mass is 32.2. The summed E-state index contributed by atoms with van der Waals surface area (Å²) in [5.41, 5.74) is 1.22. The molecule has 1 amide bonds. The number of hydrogen-bond acceptors (Lipinski definition) is 4. The average molecular weight is 368 g/mol. The van der Waals surface area contributed by atoms with Crippen LogP contribution in [-0.2, 0) is 14.8 Å². The highest BCUT2D eigenvalue weighted by Gasteiger charge is 2.27. The Morgan fingerprint density at radius 3 is 2.20 bits per heavy atom. The number of nitrogens with one attached hydrogen (secondary N) is 1. The Kier molecular flexibility index (Phi) is 6.46. The van der Waals surface area contributed by atoms with Crippen molar-refractivity contribution in [3.8, 4) is 5.75 Å². The molecule has 1 fully saturated rings. The van der Waals surface area contributed by atoms with Crippen LogP contribution in [0.5, 0.6) is 5.75 Å². The molecule has 1 N–H and O–H groups in total. The summed E-state index contributed by atoms with van der Waals surface area (Å²) >= 11 is 0. The maximum Gasteiger partial charge on any atom is 0.260 e. The summed E-state index contributed by atoms with van der Waals surface area (Å²) in [6, 6.07) is 7.75. The first kappa shape index (κ1) is 19.7. The molecule has 0 bridgehead atoms. The lowest BCUT2D eigenvalue weighted by atomic mass is 10.0. The normalized spacial score (nSPS) is 18.1. The molecule has 25 heavy (non-hydrogen) atoms. The van der Waals surface area contributed by atoms with E-state index in [0.29, 0.717) is 37.6 Å². The quantitative estimate of drug-likeness (QED) is 0.834. The third-order valence-corrected chi connectivity index (χ3v) is 5.80. The van der Waals surface area contributed by atoms with Gasteiger partial charge < -0.3 is 10.1 Å². The van der Waals surface area contributed by atoms with E-state index in [1.54, 1.807) is 6.92 Å². The number of piperidine rings is 1. The van der Waals surface area contributed by atoms with Gasteiger partial charge in [-0.25, -0.2) is 12.7 Å². The second-order valence-corrected chi connectivity index (χ2v) is 8.91. The number of hydrogen-bond donors (Lipinski definition) is 1. The summed E-state index contributed by atoms with van der Waals surface area (Å²) in [7, 11) is -3.15. The summed E-state index contributed by atoms with van der Waals surface area (Å²) in [6.45, 7) is 6.85. The highest BCUT2D eigenvalue weighted by molar-refractivity contribution is 7.88. The van der Waals surface area contributed by atoms with Crippen molar-refractivity contribution in [1.82, 2.24) is 9.62 Å². The van der Waals surface area contributed by atoms with Gasteiger partial charge in [-0.3, -0.25) is 4.79 Å². The smallest absolute Gasteiger partial charge is 0.260 e. The van der Waals surface area contributed by atoms with Crippen molar-refractivity contribution in [3.05, 3.63) is 29.8 Å². The lowest BCUT2D eigenvalue weighted by molar-refractivity contribution is -0.128. The SMILES string of the molecule is CC(Oc1ccc(C(C)C)cc1)C(=O)NC1CCN(S(C)(=O)=O)CC1. The fourth-order valence-electron chi connectivity index (χ4n) is 2.84. The van der Waals surface area contributed by atoms with E-state index in [1.165, 1.54) is 16.1 Å². The first-order valence-corrected chi connectivity index (χ1v) is 10.5. The van der Waals surface area contributed by atoms with Crippen LogP contribution in [0.2, 0.25) is 0 Å². The average Bonchev–Trinajstić information content (AvgIpc) is 2.55. The zero-order valence-electron chi connectivity index (χ0n) is 15.4. The van der Waals surface area contributed by atoms with Crippen LogP contribution in [-0.4, -0.2) is 50.1 Å². The van der Waals surface area contributed by atoms with E-state index in [-0.39, 0.29) is 11.9 Å². The fraction of sp³-hybridized carbons (Fsp3) is 0.611. The molecular weight excluding hydrogens is 340 g/mol. The molecule has 140 valence electrons. The molecule has 0 aliphatic carbocycles. The van der Waals surface area contributed by atoms with Crippen molar-refractivity contribution in [1.29, 1.82) is 0 Å². The largest absolute Gasteiger partial charge is 0.481 e. The van der Waals surface area contributed by atoms with Crippen LogP contribution in [0, 0.1) is 0 Å². The molecule has 1 aromatic carbocycles. The molecule has 1 atom stereocenters. The summed E-state index contributed by atoms with van der Waals surface area (Å²) < 4.78 is 30.2. The maximum absolute atomic E-state index is 12.3. The van der Waals surface area contributed by atoms with E-state index in [4.69, 9.17) is 4.74 Å². The minimum atomic E-state index is -3.15. The van der Waals surface area contributed by atoms with Gasteiger partial charge in [0.1, 0.15) is 5.75 Å². The van der Waals surface area contributed by atoms with Crippen molar-refractivity contribution in [2.45, 2.75) is 51.7 Å². The van der Waals surface area contributed by atoms with Crippen molar-refractivity contribution in [3.63, 3.8) is 0 Å². The Balaban J connectivity index is 1.82. The Hall–Kier alpha value is -1.60. The van der Waals surface area contributed by atoms with Crippen LogP contribution in [0.3, 0.4) is 0 Å². The van der Waals surface area contributed by atoms with E-state index < -0.39 is 16.1 Å². The second kappa shape index (κ2) is 8.19. The van der Waals surface area contributed by atoms with Gasteiger partial charge in [-0.1, -0.05) is 26.0 Å². The molecule has 1 saturated heterocycles. The molecule has 7 heteroatoms. The molecular formula is C18H28N2O4S. The summed E-state index contributed by atoms with van der Waals surface area (Å²) in [4.78, 5) is 12.3. The van der Waals surface area contributed by atoms with Crippen LogP contribution < -0.4 is 10.1 Å². The van der Waals surface area contributed by atoms with Crippen LogP contribution in [0.15, 0.2) is 24.3 Å². The third kappa shape index (κ3) is 5.71. The maximum atomic E-state index is 12.3. The Labute approximate surface area is 150 Å². The van der Waals surface area contributed by atoms with E-state index in [2.05, 4.69) is 19.2 Å². The van der Waals surface area contributed by atoms with Gasteiger partial charge in [0, 0.05) is 19.1 Å². The Bertz CT molecular complexity index is 678. The van der Waals surface area contributed by atoms with Gasteiger partial charge in [-0.15, -0.1) is 0 Å². The highest BCUT2D eigenvalue weighted by Crippen LogP contribution is 2.20. The van der Waals surface area contributed by atoms with E-state index in [0.717, 1.165) is 0 Å². The lowest BCUT2D eigenvalue weighted by Crippen LogP contribution is -2.49. The van der Waals surface area contributed by atoms with Crippen molar-refractivity contribution >= 4 is 15.9 Å². The zero-order valence-corrected chi connectivity index (χ0v) is 16.2. The molecule has 0 radical (unpaired) electrons.